The van der Waals surface area contributed by atoms with Gasteiger partial charge in [0.2, 0.25) is 0 Å². The Balaban J connectivity index is 1.95. The second kappa shape index (κ2) is 6.86. The van der Waals surface area contributed by atoms with Gasteiger partial charge in [0.05, 0.1) is 11.0 Å². The monoisotopic (exact) mass is 358 g/mol. The normalized spacial score (nSPS) is 17.0. The Labute approximate surface area is 130 Å². The highest BCUT2D eigenvalue weighted by Gasteiger charge is 2.23. The Morgan fingerprint density at radius 2 is 2.05 bits per heavy atom. The van der Waals surface area contributed by atoms with Crippen molar-refractivity contribution in [2.24, 2.45) is 10.9 Å². The number of amides is 1. The minimum absolute atomic E-state index is 0.126. The minimum atomic E-state index is -0.393. The quantitative estimate of drug-likeness (QED) is 0.366. The molecule has 8 heteroatoms. The van der Waals surface area contributed by atoms with Crippen LogP contribution in [0.15, 0.2) is 27.8 Å². The fraction of sp³-hybridized carbons (Fsp3) is 0.385. The number of amidine groups is 1. The van der Waals surface area contributed by atoms with E-state index in [2.05, 4.69) is 21.1 Å². The summed E-state index contributed by atoms with van der Waals surface area (Å²) in [6, 6.07) is 4.23. The van der Waals surface area contributed by atoms with Gasteiger partial charge in [-0.15, -0.1) is 0 Å². The van der Waals surface area contributed by atoms with Gasteiger partial charge in [-0.1, -0.05) is 5.16 Å². The van der Waals surface area contributed by atoms with Crippen molar-refractivity contribution >= 4 is 27.7 Å². The molecule has 0 spiro atoms. The Morgan fingerprint density at radius 3 is 2.62 bits per heavy atom. The van der Waals surface area contributed by atoms with Gasteiger partial charge in [0, 0.05) is 31.7 Å². The molecule has 21 heavy (non-hydrogen) atoms. The number of hydrogen-bond acceptors (Lipinski definition) is 4. The molecule has 0 saturated carbocycles. The number of halogens is 2. The number of nitrogens with two attached hydrogens (primary N) is 1. The Morgan fingerprint density at radius 1 is 1.38 bits per heavy atom. The molecule has 0 radical (unpaired) electrons. The molecule has 0 atom stereocenters. The summed E-state index contributed by atoms with van der Waals surface area (Å²) in [5.74, 6) is -0.369. The maximum atomic E-state index is 13.2. The Hall–Kier alpha value is -1.67. The number of piperazine rings is 1. The molecule has 1 aromatic carbocycles. The van der Waals surface area contributed by atoms with E-state index < -0.39 is 5.82 Å². The fourth-order valence-electron chi connectivity index (χ4n) is 2.18. The van der Waals surface area contributed by atoms with E-state index in [4.69, 9.17) is 10.9 Å². The minimum Gasteiger partial charge on any atom is -0.409 e. The lowest BCUT2D eigenvalue weighted by molar-refractivity contribution is 0.0653. The molecule has 6 nitrogen and oxygen atoms in total. The Bertz CT molecular complexity index is 559. The van der Waals surface area contributed by atoms with Crippen molar-refractivity contribution in [1.29, 1.82) is 0 Å². The van der Waals surface area contributed by atoms with E-state index in [1.54, 1.807) is 4.90 Å². The third kappa shape index (κ3) is 3.92. The summed E-state index contributed by atoms with van der Waals surface area (Å²) in [6.07, 6.45) is 0. The number of oxime groups is 1. The first-order chi connectivity index (χ1) is 10.0. The first kappa shape index (κ1) is 15.7. The summed E-state index contributed by atoms with van der Waals surface area (Å²) in [5.41, 5.74) is 5.91. The first-order valence-electron chi connectivity index (χ1n) is 6.44. The van der Waals surface area contributed by atoms with Crippen LogP contribution in [0.3, 0.4) is 0 Å². The molecule has 1 fully saturated rings. The standard InChI is InChI=1S/C13H16BrFN4O2/c14-10-7-9(1-2-11(10)15)13(20)19-5-3-18(4-6-19)8-12(16)17-21/h1-2,7,21H,3-6,8H2,(H2,16,17). The molecular formula is C13H16BrFN4O2. The van der Waals surface area contributed by atoms with Gasteiger partial charge in [-0.2, -0.15) is 0 Å². The number of rotatable bonds is 3. The topological polar surface area (TPSA) is 82.2 Å². The zero-order chi connectivity index (χ0) is 15.4. The second-order valence-electron chi connectivity index (χ2n) is 4.79. The average molecular weight is 359 g/mol. The molecule has 114 valence electrons. The van der Waals surface area contributed by atoms with Gasteiger partial charge in [0.15, 0.2) is 5.84 Å². The van der Waals surface area contributed by atoms with E-state index >= 15 is 0 Å². The summed E-state index contributed by atoms with van der Waals surface area (Å²) in [6.45, 7) is 2.76. The molecule has 1 aliphatic heterocycles. The molecule has 0 unspecified atom stereocenters. The van der Waals surface area contributed by atoms with Gasteiger partial charge in [0.1, 0.15) is 5.82 Å². The van der Waals surface area contributed by atoms with E-state index in [1.165, 1.54) is 18.2 Å². The zero-order valence-electron chi connectivity index (χ0n) is 11.3. The predicted molar refractivity (Wildman–Crippen MR) is 79.9 cm³/mol. The van der Waals surface area contributed by atoms with Crippen molar-refractivity contribution in [3.05, 3.63) is 34.1 Å². The van der Waals surface area contributed by atoms with Crippen LogP contribution in [0.2, 0.25) is 0 Å². The average Bonchev–Trinajstić information content (AvgIpc) is 2.50. The number of carbonyl (C=O) groups excluding carboxylic acids is 1. The van der Waals surface area contributed by atoms with Crippen LogP contribution in [-0.2, 0) is 0 Å². The molecule has 2 rings (SSSR count). The van der Waals surface area contributed by atoms with E-state index in [0.29, 0.717) is 38.3 Å². The van der Waals surface area contributed by atoms with Crippen LogP contribution < -0.4 is 5.73 Å². The highest BCUT2D eigenvalue weighted by atomic mass is 79.9. The van der Waals surface area contributed by atoms with Gasteiger partial charge in [-0.25, -0.2) is 4.39 Å². The second-order valence-corrected chi connectivity index (χ2v) is 5.64. The van der Waals surface area contributed by atoms with Crippen molar-refractivity contribution in [2.45, 2.75) is 0 Å². The molecule has 1 aliphatic rings. The maximum Gasteiger partial charge on any atom is 0.253 e. The van der Waals surface area contributed by atoms with Gasteiger partial charge in [0.25, 0.3) is 5.91 Å². The van der Waals surface area contributed by atoms with E-state index in [0.717, 1.165) is 0 Å². The molecule has 1 aromatic rings. The van der Waals surface area contributed by atoms with Crippen molar-refractivity contribution < 1.29 is 14.4 Å². The maximum absolute atomic E-state index is 13.2. The molecule has 0 aliphatic carbocycles. The molecule has 3 N–H and O–H groups in total. The predicted octanol–water partition coefficient (Wildman–Crippen LogP) is 1.09. The van der Waals surface area contributed by atoms with Crippen molar-refractivity contribution in [2.75, 3.05) is 32.7 Å². The van der Waals surface area contributed by atoms with Crippen LogP contribution in [0.1, 0.15) is 10.4 Å². The molecule has 1 saturated heterocycles. The Kier molecular flexibility index (Phi) is 5.13. The third-order valence-corrected chi connectivity index (χ3v) is 3.95. The van der Waals surface area contributed by atoms with Gasteiger partial charge < -0.3 is 15.8 Å². The smallest absolute Gasteiger partial charge is 0.253 e. The summed E-state index contributed by atoms with van der Waals surface area (Å²) >= 11 is 3.08. The van der Waals surface area contributed by atoms with E-state index in [-0.39, 0.29) is 16.2 Å². The van der Waals surface area contributed by atoms with Gasteiger partial charge in [-0.3, -0.25) is 9.69 Å². The summed E-state index contributed by atoms with van der Waals surface area (Å²) in [7, 11) is 0. The lowest BCUT2D eigenvalue weighted by Crippen LogP contribution is -2.50. The largest absolute Gasteiger partial charge is 0.409 e. The lowest BCUT2D eigenvalue weighted by atomic mass is 10.1. The highest BCUT2D eigenvalue weighted by Crippen LogP contribution is 2.18. The van der Waals surface area contributed by atoms with Crippen LogP contribution in [0, 0.1) is 5.82 Å². The summed E-state index contributed by atoms with van der Waals surface area (Å²) < 4.78 is 13.5. The number of nitrogens with zero attached hydrogens (tertiary/aromatic N) is 3. The van der Waals surface area contributed by atoms with Gasteiger partial charge >= 0.3 is 0 Å². The van der Waals surface area contributed by atoms with Crippen molar-refractivity contribution in [3.8, 4) is 0 Å². The molecule has 0 bridgehead atoms. The number of hydrogen-bond donors (Lipinski definition) is 2. The lowest BCUT2D eigenvalue weighted by Gasteiger charge is -2.34. The van der Waals surface area contributed by atoms with Crippen LogP contribution in [0.25, 0.3) is 0 Å². The zero-order valence-corrected chi connectivity index (χ0v) is 12.9. The number of carbonyl (C=O) groups is 1. The SMILES string of the molecule is N/C(CN1CCN(C(=O)c2ccc(F)c(Br)c2)CC1)=N/O. The molecule has 1 heterocycles. The third-order valence-electron chi connectivity index (χ3n) is 3.34. The van der Waals surface area contributed by atoms with Crippen LogP contribution >= 0.6 is 15.9 Å². The highest BCUT2D eigenvalue weighted by molar-refractivity contribution is 9.10. The first-order valence-corrected chi connectivity index (χ1v) is 7.23. The molecular weight excluding hydrogens is 343 g/mol. The molecule has 1 amide bonds. The fourth-order valence-corrected chi connectivity index (χ4v) is 2.56. The van der Waals surface area contributed by atoms with Crippen LogP contribution in [0.5, 0.6) is 0 Å². The van der Waals surface area contributed by atoms with Crippen LogP contribution in [-0.4, -0.2) is 59.5 Å². The number of benzene rings is 1. The van der Waals surface area contributed by atoms with Crippen LogP contribution in [0.4, 0.5) is 4.39 Å². The van der Waals surface area contributed by atoms with Gasteiger partial charge in [-0.05, 0) is 34.1 Å². The van der Waals surface area contributed by atoms with Crippen molar-refractivity contribution in [1.82, 2.24) is 9.80 Å². The summed E-state index contributed by atoms with van der Waals surface area (Å²) in [4.78, 5) is 16.0. The van der Waals surface area contributed by atoms with E-state index in [1.807, 2.05) is 4.90 Å². The molecule has 0 aromatic heterocycles. The van der Waals surface area contributed by atoms with E-state index in [9.17, 15) is 9.18 Å². The van der Waals surface area contributed by atoms with Crippen molar-refractivity contribution in [3.63, 3.8) is 0 Å². The summed E-state index contributed by atoms with van der Waals surface area (Å²) in [5, 5.41) is 11.5.